The van der Waals surface area contributed by atoms with Crippen LogP contribution in [0.4, 0.5) is 0 Å². The van der Waals surface area contributed by atoms with Gasteiger partial charge in [0.2, 0.25) is 0 Å². The second kappa shape index (κ2) is 10.2. The van der Waals surface area contributed by atoms with Gasteiger partial charge in [-0.3, -0.25) is 9.59 Å². The van der Waals surface area contributed by atoms with Crippen molar-refractivity contribution in [1.82, 2.24) is 14.8 Å². The molecular weight excluding hydrogens is 386 g/mol. The van der Waals surface area contributed by atoms with Crippen molar-refractivity contribution in [2.75, 3.05) is 0 Å². The Morgan fingerprint density at radius 3 is 1.77 bits per heavy atom. The highest BCUT2D eigenvalue weighted by Crippen LogP contribution is 2.30. The Hall–Kier alpha value is -3.72. The maximum absolute atomic E-state index is 9.64. The lowest BCUT2D eigenvalue weighted by molar-refractivity contribution is -0.143. The Labute approximate surface area is 175 Å². The maximum Gasteiger partial charge on any atom is 0.303 e. The summed E-state index contributed by atoms with van der Waals surface area (Å²) >= 11 is 0. The molecule has 0 spiro atoms. The molecule has 0 saturated carbocycles. The van der Waals surface area contributed by atoms with Gasteiger partial charge in [0.15, 0.2) is 0 Å². The first-order chi connectivity index (χ1) is 13.9. The molecule has 9 heteroatoms. The van der Waals surface area contributed by atoms with E-state index in [2.05, 4.69) is 22.2 Å². The Morgan fingerprint density at radius 1 is 0.967 bits per heavy atom. The third kappa shape index (κ3) is 7.36. The number of hydrogen-bond donors (Lipinski definition) is 2. The van der Waals surface area contributed by atoms with Crippen molar-refractivity contribution in [2.24, 2.45) is 0 Å². The van der Waals surface area contributed by atoms with E-state index in [-0.39, 0.29) is 12.8 Å². The molecule has 0 aliphatic carbocycles. The van der Waals surface area contributed by atoms with E-state index in [9.17, 15) is 20.1 Å². The lowest BCUT2D eigenvalue weighted by Gasteiger charge is -2.23. The maximum atomic E-state index is 9.64. The minimum absolute atomic E-state index is 0.296. The highest BCUT2D eigenvalue weighted by Gasteiger charge is 2.26. The van der Waals surface area contributed by atoms with Gasteiger partial charge in [0, 0.05) is 0 Å². The van der Waals surface area contributed by atoms with Gasteiger partial charge in [-0.25, -0.2) is 9.67 Å². The van der Waals surface area contributed by atoms with Crippen LogP contribution in [0.15, 0.2) is 30.9 Å². The zero-order chi connectivity index (χ0) is 22.9. The van der Waals surface area contributed by atoms with E-state index in [1.165, 1.54) is 6.33 Å². The van der Waals surface area contributed by atoms with E-state index < -0.39 is 22.8 Å². The first-order valence-corrected chi connectivity index (χ1v) is 9.14. The Balaban J connectivity index is 0.000000479. The van der Waals surface area contributed by atoms with Gasteiger partial charge in [0.05, 0.1) is 42.4 Å². The van der Waals surface area contributed by atoms with E-state index in [0.717, 1.165) is 16.7 Å². The lowest BCUT2D eigenvalue weighted by Crippen LogP contribution is -2.20. The summed E-state index contributed by atoms with van der Waals surface area (Å²) in [4.78, 5) is 23.2. The number of carboxylic acids is 2. The molecule has 1 aromatic heterocycles. The number of nitriles is 2. The monoisotopic (exact) mass is 411 g/mol. The Bertz CT molecular complexity index is 908. The smallest absolute Gasteiger partial charge is 0.303 e. The largest absolute Gasteiger partial charge is 0.481 e. The second-order valence-electron chi connectivity index (χ2n) is 7.77. The Morgan fingerprint density at radius 2 is 1.43 bits per heavy atom. The first kappa shape index (κ1) is 24.3. The molecule has 2 aromatic rings. The van der Waals surface area contributed by atoms with E-state index in [0.29, 0.717) is 6.54 Å². The molecule has 1 aromatic carbocycles. The number of aliphatic carboxylic acids is 2. The molecule has 0 atom stereocenters. The van der Waals surface area contributed by atoms with Crippen LogP contribution in [-0.2, 0) is 27.0 Å². The highest BCUT2D eigenvalue weighted by molar-refractivity contribution is 5.75. The van der Waals surface area contributed by atoms with Crippen molar-refractivity contribution in [3.8, 4) is 12.1 Å². The van der Waals surface area contributed by atoms with E-state index in [1.807, 2.05) is 45.9 Å². The van der Waals surface area contributed by atoms with Crippen LogP contribution in [0.3, 0.4) is 0 Å². The van der Waals surface area contributed by atoms with Crippen LogP contribution < -0.4 is 0 Å². The molecule has 30 heavy (non-hydrogen) atoms. The number of nitrogens with zero attached hydrogens (tertiary/aromatic N) is 5. The number of carboxylic acid groups (broad SMARTS) is 2. The zero-order valence-corrected chi connectivity index (χ0v) is 17.5. The second-order valence-corrected chi connectivity index (χ2v) is 7.77. The predicted octanol–water partition coefficient (Wildman–Crippen LogP) is 2.86. The number of aromatic nitrogens is 3. The van der Waals surface area contributed by atoms with Gasteiger partial charge in [-0.1, -0.05) is 18.2 Å². The van der Waals surface area contributed by atoms with Gasteiger partial charge in [0.25, 0.3) is 0 Å². The standard InChI is InChI=1S/C17H19N5.C4H6O4/c1-16(2,9-18)14-5-13(8-22-12-20-11-21-22)6-15(7-14)17(3,4)10-19;5-3(6)1-2-4(7)8/h5-7,11-12H,8H2,1-4H3;1-2H2,(H,5,6)(H,7,8). The van der Waals surface area contributed by atoms with Crippen molar-refractivity contribution >= 4 is 11.9 Å². The molecule has 0 unspecified atom stereocenters. The van der Waals surface area contributed by atoms with Gasteiger partial charge in [-0.05, 0) is 44.4 Å². The average molecular weight is 411 g/mol. The first-order valence-electron chi connectivity index (χ1n) is 9.14. The number of rotatable bonds is 7. The molecule has 158 valence electrons. The number of carbonyl (C=O) groups is 2. The number of benzene rings is 1. The van der Waals surface area contributed by atoms with Crippen molar-refractivity contribution in [1.29, 1.82) is 10.5 Å². The summed E-state index contributed by atoms with van der Waals surface area (Å²) in [5, 5.41) is 38.7. The number of hydrogen-bond acceptors (Lipinski definition) is 6. The van der Waals surface area contributed by atoms with Crippen LogP contribution in [0.1, 0.15) is 57.2 Å². The normalized spacial score (nSPS) is 10.9. The summed E-state index contributed by atoms with van der Waals surface area (Å²) in [6.07, 6.45) is 2.55. The molecule has 0 fully saturated rings. The third-order valence-corrected chi connectivity index (χ3v) is 4.36. The topological polar surface area (TPSA) is 153 Å². The summed E-state index contributed by atoms with van der Waals surface area (Å²) in [6, 6.07) is 10.6. The fourth-order valence-corrected chi connectivity index (χ4v) is 2.35. The molecular formula is C21H25N5O4. The lowest BCUT2D eigenvalue weighted by atomic mass is 9.79. The van der Waals surface area contributed by atoms with Gasteiger partial charge in [-0.2, -0.15) is 15.6 Å². The molecule has 0 saturated heterocycles. The molecule has 9 nitrogen and oxygen atoms in total. The summed E-state index contributed by atoms with van der Waals surface area (Å²) in [5.74, 6) is -2.15. The highest BCUT2D eigenvalue weighted by atomic mass is 16.4. The molecule has 2 rings (SSSR count). The quantitative estimate of drug-likeness (QED) is 0.705. The molecule has 1 heterocycles. The van der Waals surface area contributed by atoms with Gasteiger partial charge < -0.3 is 10.2 Å². The fourth-order valence-electron chi connectivity index (χ4n) is 2.35. The van der Waals surface area contributed by atoms with Crippen molar-refractivity contribution < 1.29 is 19.8 Å². The van der Waals surface area contributed by atoms with Crippen LogP contribution in [0.5, 0.6) is 0 Å². The SMILES string of the molecule is CC(C)(C#N)c1cc(Cn2cncn2)cc(C(C)(C)C#N)c1.O=C(O)CCC(=O)O. The van der Waals surface area contributed by atoms with Crippen molar-refractivity contribution in [3.63, 3.8) is 0 Å². The summed E-state index contributed by atoms with van der Waals surface area (Å²) in [6.45, 7) is 8.08. The van der Waals surface area contributed by atoms with Crippen molar-refractivity contribution in [3.05, 3.63) is 47.5 Å². The summed E-state index contributed by atoms with van der Waals surface area (Å²) < 4.78 is 1.72. The van der Waals surface area contributed by atoms with E-state index in [1.54, 1.807) is 11.0 Å². The molecule has 0 radical (unpaired) electrons. The van der Waals surface area contributed by atoms with E-state index in [4.69, 9.17) is 10.2 Å². The Kier molecular flexibility index (Phi) is 8.24. The van der Waals surface area contributed by atoms with Gasteiger partial charge in [-0.15, -0.1) is 0 Å². The van der Waals surface area contributed by atoms with Crippen LogP contribution in [0.25, 0.3) is 0 Å². The minimum Gasteiger partial charge on any atom is -0.481 e. The zero-order valence-electron chi connectivity index (χ0n) is 17.5. The average Bonchev–Trinajstić information content (AvgIpc) is 3.19. The van der Waals surface area contributed by atoms with Crippen LogP contribution in [0, 0.1) is 22.7 Å². The molecule has 0 aliphatic heterocycles. The summed E-state index contributed by atoms with van der Waals surface area (Å²) in [5.41, 5.74) is 1.60. The third-order valence-electron chi connectivity index (χ3n) is 4.36. The van der Waals surface area contributed by atoms with Gasteiger partial charge >= 0.3 is 11.9 Å². The van der Waals surface area contributed by atoms with Crippen molar-refractivity contribution in [2.45, 2.75) is 57.9 Å². The van der Waals surface area contributed by atoms with Crippen LogP contribution in [-0.4, -0.2) is 36.9 Å². The van der Waals surface area contributed by atoms with E-state index >= 15 is 0 Å². The minimum atomic E-state index is -1.08. The molecule has 2 N–H and O–H groups in total. The fraction of sp³-hybridized carbons (Fsp3) is 0.429. The molecule has 0 aliphatic rings. The predicted molar refractivity (Wildman–Crippen MR) is 107 cm³/mol. The summed E-state index contributed by atoms with van der Waals surface area (Å²) in [7, 11) is 0. The van der Waals surface area contributed by atoms with Crippen LogP contribution >= 0.6 is 0 Å². The molecule has 0 bridgehead atoms. The van der Waals surface area contributed by atoms with Crippen LogP contribution in [0.2, 0.25) is 0 Å². The molecule has 0 amide bonds. The van der Waals surface area contributed by atoms with Gasteiger partial charge in [0.1, 0.15) is 12.7 Å².